The van der Waals surface area contributed by atoms with Gasteiger partial charge in [0.25, 0.3) is 5.91 Å². The SMILES string of the molecule is COc1ccccc1OCC#CCNC(=O)COc1ccc(C)cc1. The Kier molecular flexibility index (Phi) is 7.20. The second-order valence-corrected chi connectivity index (χ2v) is 5.17. The maximum atomic E-state index is 11.7. The van der Waals surface area contributed by atoms with Gasteiger partial charge in [0.1, 0.15) is 12.4 Å². The Balaban J connectivity index is 1.64. The average molecular weight is 339 g/mol. The molecule has 2 rings (SSSR count). The van der Waals surface area contributed by atoms with Gasteiger partial charge in [0.05, 0.1) is 13.7 Å². The molecule has 0 radical (unpaired) electrons. The number of hydrogen-bond acceptors (Lipinski definition) is 4. The molecule has 0 heterocycles. The highest BCUT2D eigenvalue weighted by molar-refractivity contribution is 5.77. The second kappa shape index (κ2) is 9.89. The molecule has 0 saturated carbocycles. The normalized spacial score (nSPS) is 9.52. The van der Waals surface area contributed by atoms with Crippen LogP contribution in [0.25, 0.3) is 0 Å². The van der Waals surface area contributed by atoms with Crippen molar-refractivity contribution in [3.63, 3.8) is 0 Å². The molecule has 0 aliphatic heterocycles. The largest absolute Gasteiger partial charge is 0.493 e. The molecule has 2 aromatic carbocycles. The molecule has 130 valence electrons. The van der Waals surface area contributed by atoms with Crippen molar-refractivity contribution in [2.24, 2.45) is 0 Å². The van der Waals surface area contributed by atoms with Gasteiger partial charge in [-0.05, 0) is 31.2 Å². The lowest BCUT2D eigenvalue weighted by molar-refractivity contribution is -0.122. The summed E-state index contributed by atoms with van der Waals surface area (Å²) in [4.78, 5) is 11.7. The Morgan fingerprint density at radius 2 is 1.72 bits per heavy atom. The lowest BCUT2D eigenvalue weighted by Crippen LogP contribution is -2.29. The van der Waals surface area contributed by atoms with Gasteiger partial charge < -0.3 is 19.5 Å². The number of amides is 1. The Bertz CT molecular complexity index is 744. The van der Waals surface area contributed by atoms with Crippen molar-refractivity contribution in [2.75, 3.05) is 26.9 Å². The minimum Gasteiger partial charge on any atom is -0.493 e. The van der Waals surface area contributed by atoms with Crippen LogP contribution in [0.3, 0.4) is 0 Å². The highest BCUT2D eigenvalue weighted by Gasteiger charge is 2.02. The van der Waals surface area contributed by atoms with Crippen LogP contribution in [0.1, 0.15) is 5.56 Å². The van der Waals surface area contributed by atoms with E-state index in [0.717, 1.165) is 5.56 Å². The molecule has 0 bridgehead atoms. The van der Waals surface area contributed by atoms with Crippen LogP contribution in [-0.2, 0) is 4.79 Å². The number of hydrogen-bond donors (Lipinski definition) is 1. The molecule has 2 aromatic rings. The highest BCUT2D eigenvalue weighted by Crippen LogP contribution is 2.25. The lowest BCUT2D eigenvalue weighted by atomic mass is 10.2. The van der Waals surface area contributed by atoms with E-state index in [4.69, 9.17) is 14.2 Å². The molecular weight excluding hydrogens is 318 g/mol. The molecule has 25 heavy (non-hydrogen) atoms. The number of carbonyl (C=O) groups excluding carboxylic acids is 1. The van der Waals surface area contributed by atoms with Gasteiger partial charge >= 0.3 is 0 Å². The van der Waals surface area contributed by atoms with E-state index in [1.54, 1.807) is 7.11 Å². The minimum absolute atomic E-state index is 0.0392. The number of carbonyl (C=O) groups is 1. The molecule has 5 nitrogen and oxygen atoms in total. The van der Waals surface area contributed by atoms with Crippen molar-refractivity contribution in [2.45, 2.75) is 6.92 Å². The minimum atomic E-state index is -0.222. The summed E-state index contributed by atoms with van der Waals surface area (Å²) in [5.41, 5.74) is 1.14. The molecule has 0 aliphatic carbocycles. The van der Waals surface area contributed by atoms with Crippen molar-refractivity contribution in [3.8, 4) is 29.1 Å². The third kappa shape index (κ3) is 6.48. The van der Waals surface area contributed by atoms with Crippen LogP contribution in [0.15, 0.2) is 48.5 Å². The molecule has 1 N–H and O–H groups in total. The molecule has 0 fully saturated rings. The van der Waals surface area contributed by atoms with Crippen molar-refractivity contribution in [3.05, 3.63) is 54.1 Å². The first-order valence-corrected chi connectivity index (χ1v) is 7.87. The van der Waals surface area contributed by atoms with Crippen molar-refractivity contribution >= 4 is 5.91 Å². The molecule has 0 atom stereocenters. The Morgan fingerprint density at radius 1 is 1.00 bits per heavy atom. The van der Waals surface area contributed by atoms with E-state index >= 15 is 0 Å². The second-order valence-electron chi connectivity index (χ2n) is 5.17. The van der Waals surface area contributed by atoms with Gasteiger partial charge in [-0.15, -0.1) is 0 Å². The van der Waals surface area contributed by atoms with E-state index < -0.39 is 0 Å². The monoisotopic (exact) mass is 339 g/mol. The summed E-state index contributed by atoms with van der Waals surface area (Å²) in [6.07, 6.45) is 0. The summed E-state index contributed by atoms with van der Waals surface area (Å²) in [6.45, 7) is 2.41. The van der Waals surface area contributed by atoms with Gasteiger partial charge in [-0.1, -0.05) is 41.7 Å². The number of para-hydroxylation sites is 2. The number of nitrogens with one attached hydrogen (secondary N) is 1. The summed E-state index contributed by atoms with van der Waals surface area (Å²) < 4.78 is 16.1. The van der Waals surface area contributed by atoms with Crippen LogP contribution in [0.5, 0.6) is 17.2 Å². The number of aryl methyl sites for hydroxylation is 1. The van der Waals surface area contributed by atoms with Crippen LogP contribution < -0.4 is 19.5 Å². The van der Waals surface area contributed by atoms with Crippen LogP contribution in [0.4, 0.5) is 0 Å². The fraction of sp³-hybridized carbons (Fsp3) is 0.250. The fourth-order valence-corrected chi connectivity index (χ4v) is 1.94. The third-order valence-electron chi connectivity index (χ3n) is 3.26. The predicted molar refractivity (Wildman–Crippen MR) is 95.9 cm³/mol. The van der Waals surface area contributed by atoms with E-state index in [2.05, 4.69) is 17.2 Å². The molecule has 0 aromatic heterocycles. The standard InChI is InChI=1S/C20H21NO4/c1-16-9-11-17(12-10-16)25-15-20(22)21-13-5-6-14-24-19-8-4-3-7-18(19)23-2/h3-4,7-12H,13-15H2,1-2H3,(H,21,22). The maximum Gasteiger partial charge on any atom is 0.258 e. The third-order valence-corrected chi connectivity index (χ3v) is 3.26. The van der Waals surface area contributed by atoms with Gasteiger partial charge in [0.15, 0.2) is 18.1 Å². The predicted octanol–water partition coefficient (Wildman–Crippen LogP) is 2.58. The van der Waals surface area contributed by atoms with Crippen molar-refractivity contribution < 1.29 is 19.0 Å². The van der Waals surface area contributed by atoms with E-state index in [1.807, 2.05) is 55.5 Å². The zero-order valence-electron chi connectivity index (χ0n) is 14.4. The van der Waals surface area contributed by atoms with Gasteiger partial charge in [-0.2, -0.15) is 0 Å². The Labute approximate surface area is 147 Å². The number of rotatable bonds is 7. The zero-order valence-corrected chi connectivity index (χ0v) is 14.4. The number of methoxy groups -OCH3 is 1. The first-order valence-electron chi connectivity index (χ1n) is 7.87. The summed E-state index contributed by atoms with van der Waals surface area (Å²) in [6, 6.07) is 14.9. The maximum absolute atomic E-state index is 11.7. The van der Waals surface area contributed by atoms with Gasteiger partial charge in [0.2, 0.25) is 0 Å². The Hall–Kier alpha value is -3.13. The van der Waals surface area contributed by atoms with E-state index in [1.165, 1.54) is 0 Å². The van der Waals surface area contributed by atoms with E-state index in [-0.39, 0.29) is 25.7 Å². The van der Waals surface area contributed by atoms with Crippen molar-refractivity contribution in [1.82, 2.24) is 5.32 Å². The lowest BCUT2D eigenvalue weighted by Gasteiger charge is -2.07. The molecule has 0 spiro atoms. The van der Waals surface area contributed by atoms with E-state index in [9.17, 15) is 4.79 Å². The van der Waals surface area contributed by atoms with Crippen LogP contribution >= 0.6 is 0 Å². The molecule has 1 amide bonds. The topological polar surface area (TPSA) is 56.8 Å². The van der Waals surface area contributed by atoms with Crippen LogP contribution in [0.2, 0.25) is 0 Å². The zero-order chi connectivity index (χ0) is 17.9. The van der Waals surface area contributed by atoms with Crippen molar-refractivity contribution in [1.29, 1.82) is 0 Å². The summed E-state index contributed by atoms with van der Waals surface area (Å²) >= 11 is 0. The van der Waals surface area contributed by atoms with Crippen LogP contribution in [0, 0.1) is 18.8 Å². The summed E-state index contributed by atoms with van der Waals surface area (Å²) in [7, 11) is 1.59. The molecule has 0 aliphatic rings. The van der Waals surface area contributed by atoms with Gasteiger partial charge in [-0.25, -0.2) is 0 Å². The summed E-state index contributed by atoms with van der Waals surface area (Å²) in [5, 5.41) is 2.67. The molecule has 5 heteroatoms. The van der Waals surface area contributed by atoms with Gasteiger partial charge in [0, 0.05) is 0 Å². The molecular formula is C20H21NO4. The average Bonchev–Trinajstić information content (AvgIpc) is 2.64. The highest BCUT2D eigenvalue weighted by atomic mass is 16.5. The van der Waals surface area contributed by atoms with Crippen LogP contribution in [-0.4, -0.2) is 32.8 Å². The van der Waals surface area contributed by atoms with Gasteiger partial charge in [-0.3, -0.25) is 4.79 Å². The number of benzene rings is 2. The quantitative estimate of drug-likeness (QED) is 0.788. The Morgan fingerprint density at radius 3 is 2.44 bits per heavy atom. The number of ether oxygens (including phenoxy) is 3. The molecule has 0 saturated heterocycles. The summed E-state index contributed by atoms with van der Waals surface area (Å²) in [5.74, 6) is 7.40. The molecule has 0 unspecified atom stereocenters. The fourth-order valence-electron chi connectivity index (χ4n) is 1.94. The first-order chi connectivity index (χ1) is 12.2. The smallest absolute Gasteiger partial charge is 0.258 e. The van der Waals surface area contributed by atoms with E-state index in [0.29, 0.717) is 17.2 Å². The first kappa shape index (κ1) is 18.2.